The van der Waals surface area contributed by atoms with Crippen molar-refractivity contribution in [2.45, 2.75) is 45.0 Å². The van der Waals surface area contributed by atoms with Crippen molar-refractivity contribution in [3.05, 3.63) is 0 Å². The van der Waals surface area contributed by atoms with Gasteiger partial charge in [0, 0.05) is 6.42 Å². The lowest BCUT2D eigenvalue weighted by atomic mass is 9.73. The average molecular weight is 156 g/mol. The molecule has 0 aromatic carbocycles. The maximum atomic E-state index is 9.72. The Morgan fingerprint density at radius 1 is 1.36 bits per heavy atom. The molecule has 1 N–H and O–H groups in total. The number of aliphatic hydroxyl groups is 1. The highest BCUT2D eigenvalue weighted by Gasteiger charge is 2.46. The summed E-state index contributed by atoms with van der Waals surface area (Å²) in [6.07, 6.45) is 2.59. The van der Waals surface area contributed by atoms with Gasteiger partial charge in [-0.05, 0) is 18.3 Å². The van der Waals surface area contributed by atoms with Crippen molar-refractivity contribution in [1.29, 1.82) is 0 Å². The Balaban J connectivity index is 2.01. The van der Waals surface area contributed by atoms with Gasteiger partial charge in [0.2, 0.25) is 0 Å². The van der Waals surface area contributed by atoms with Crippen LogP contribution >= 0.6 is 0 Å². The summed E-state index contributed by atoms with van der Waals surface area (Å²) >= 11 is 0. The van der Waals surface area contributed by atoms with Crippen molar-refractivity contribution < 1.29 is 9.84 Å². The van der Waals surface area contributed by atoms with Crippen molar-refractivity contribution >= 4 is 0 Å². The minimum absolute atomic E-state index is 0.168. The summed E-state index contributed by atoms with van der Waals surface area (Å²) in [5.74, 6) is 1.08. The first-order valence-corrected chi connectivity index (χ1v) is 4.52. The molecule has 2 heteroatoms. The molecule has 1 aliphatic carbocycles. The molecule has 2 bridgehead atoms. The topological polar surface area (TPSA) is 29.5 Å². The first-order valence-electron chi connectivity index (χ1n) is 4.52. The van der Waals surface area contributed by atoms with E-state index < -0.39 is 0 Å². The molecule has 2 nitrogen and oxygen atoms in total. The fraction of sp³-hybridized carbons (Fsp3) is 1.00. The minimum Gasteiger partial charge on any atom is -0.390 e. The van der Waals surface area contributed by atoms with Gasteiger partial charge in [0.1, 0.15) is 0 Å². The summed E-state index contributed by atoms with van der Waals surface area (Å²) in [6.45, 7) is 4.36. The fourth-order valence-corrected chi connectivity index (χ4v) is 2.25. The molecule has 3 aliphatic rings. The van der Waals surface area contributed by atoms with Crippen LogP contribution in [0.25, 0.3) is 0 Å². The molecule has 2 aliphatic heterocycles. The van der Waals surface area contributed by atoms with Gasteiger partial charge in [-0.1, -0.05) is 13.8 Å². The first-order chi connectivity index (χ1) is 5.18. The van der Waals surface area contributed by atoms with Gasteiger partial charge in [0.15, 0.2) is 0 Å². The minimum atomic E-state index is -0.194. The summed E-state index contributed by atoms with van der Waals surface area (Å²) in [5, 5.41) is 9.72. The molecule has 0 aromatic heterocycles. The third-order valence-corrected chi connectivity index (χ3v) is 3.07. The number of hydrogen-bond donors (Lipinski definition) is 1. The van der Waals surface area contributed by atoms with Crippen LogP contribution in [0.3, 0.4) is 0 Å². The zero-order valence-electron chi connectivity index (χ0n) is 7.16. The number of ether oxygens (including phenoxy) is 1. The molecule has 3 rings (SSSR count). The summed E-state index contributed by atoms with van der Waals surface area (Å²) in [4.78, 5) is 0. The van der Waals surface area contributed by atoms with E-state index >= 15 is 0 Å². The summed E-state index contributed by atoms with van der Waals surface area (Å²) in [5.41, 5.74) is 0. The molecule has 4 atom stereocenters. The van der Waals surface area contributed by atoms with Gasteiger partial charge in [-0.3, -0.25) is 0 Å². The van der Waals surface area contributed by atoms with Gasteiger partial charge in [0.25, 0.3) is 0 Å². The molecule has 1 saturated carbocycles. The summed E-state index contributed by atoms with van der Waals surface area (Å²) < 4.78 is 5.42. The van der Waals surface area contributed by atoms with Crippen LogP contribution in [0.2, 0.25) is 0 Å². The van der Waals surface area contributed by atoms with Gasteiger partial charge in [-0.2, -0.15) is 0 Å². The molecule has 2 saturated heterocycles. The standard InChI is InChI=1S/C9H16O2/c1-5(2)7-3-6-4-8(11-6)9(7)10/h5-10H,3-4H2,1-2H3/t6-,7-,8-,9-/m0/s1. The molecular weight excluding hydrogens is 140 g/mol. The quantitative estimate of drug-likeness (QED) is 0.617. The van der Waals surface area contributed by atoms with Crippen molar-refractivity contribution in [2.24, 2.45) is 11.8 Å². The molecule has 0 radical (unpaired) electrons. The third kappa shape index (κ3) is 1.09. The molecule has 0 spiro atoms. The van der Waals surface area contributed by atoms with Crippen molar-refractivity contribution in [3.63, 3.8) is 0 Å². The Bertz CT molecular complexity index is 150. The van der Waals surface area contributed by atoms with E-state index in [2.05, 4.69) is 13.8 Å². The lowest BCUT2D eigenvalue weighted by Crippen LogP contribution is -2.56. The van der Waals surface area contributed by atoms with Gasteiger partial charge in [-0.25, -0.2) is 0 Å². The predicted molar refractivity (Wildman–Crippen MR) is 42.2 cm³/mol. The molecule has 0 aromatic rings. The van der Waals surface area contributed by atoms with Crippen LogP contribution in [0.1, 0.15) is 26.7 Å². The van der Waals surface area contributed by atoms with Gasteiger partial charge in [0.05, 0.1) is 18.3 Å². The van der Waals surface area contributed by atoms with Crippen molar-refractivity contribution in [1.82, 2.24) is 0 Å². The highest BCUT2D eigenvalue weighted by Crippen LogP contribution is 2.41. The SMILES string of the molecule is CC(C)[C@@H]1C[C@H]2C[C@H](O2)[C@H]1O. The smallest absolute Gasteiger partial charge is 0.0865 e. The molecule has 3 fully saturated rings. The second-order valence-electron chi connectivity index (χ2n) is 4.17. The van der Waals surface area contributed by atoms with E-state index in [9.17, 15) is 5.11 Å². The Hall–Kier alpha value is -0.0800. The van der Waals surface area contributed by atoms with E-state index in [-0.39, 0.29) is 12.2 Å². The van der Waals surface area contributed by atoms with Crippen molar-refractivity contribution in [2.75, 3.05) is 0 Å². The highest BCUT2D eigenvalue weighted by molar-refractivity contribution is 4.95. The first kappa shape index (κ1) is 7.56. The maximum Gasteiger partial charge on any atom is 0.0865 e. The Kier molecular flexibility index (Phi) is 1.69. The Morgan fingerprint density at radius 2 is 2.00 bits per heavy atom. The Labute approximate surface area is 67.6 Å². The van der Waals surface area contributed by atoms with Crippen LogP contribution in [0.5, 0.6) is 0 Å². The average Bonchev–Trinajstić information content (AvgIpc) is 1.84. The molecule has 64 valence electrons. The van der Waals surface area contributed by atoms with Crippen LogP contribution in [0, 0.1) is 11.8 Å². The predicted octanol–water partition coefficient (Wildman–Crippen LogP) is 1.18. The van der Waals surface area contributed by atoms with E-state index in [1.165, 1.54) is 0 Å². The molecule has 2 heterocycles. The summed E-state index contributed by atoms with van der Waals surface area (Å²) in [6, 6.07) is 0. The number of hydrogen-bond acceptors (Lipinski definition) is 2. The van der Waals surface area contributed by atoms with E-state index in [1.54, 1.807) is 0 Å². The lowest BCUT2D eigenvalue weighted by molar-refractivity contribution is -0.234. The van der Waals surface area contributed by atoms with E-state index in [4.69, 9.17) is 4.74 Å². The normalized spacial score (nSPS) is 49.1. The number of fused-ring (bicyclic) bond motifs is 2. The third-order valence-electron chi connectivity index (χ3n) is 3.07. The van der Waals surface area contributed by atoms with Crippen LogP contribution in [0.15, 0.2) is 0 Å². The van der Waals surface area contributed by atoms with Gasteiger partial charge >= 0.3 is 0 Å². The van der Waals surface area contributed by atoms with E-state index in [1.807, 2.05) is 0 Å². The molecular formula is C9H16O2. The molecule has 11 heavy (non-hydrogen) atoms. The number of rotatable bonds is 1. The lowest BCUT2D eigenvalue weighted by Gasteiger charge is -2.49. The van der Waals surface area contributed by atoms with Gasteiger partial charge < -0.3 is 9.84 Å². The van der Waals surface area contributed by atoms with E-state index in [0.717, 1.165) is 12.8 Å². The second kappa shape index (κ2) is 2.46. The zero-order chi connectivity index (χ0) is 8.01. The Morgan fingerprint density at radius 3 is 2.36 bits per heavy atom. The highest BCUT2D eigenvalue weighted by atomic mass is 16.5. The zero-order valence-corrected chi connectivity index (χ0v) is 7.16. The van der Waals surface area contributed by atoms with Crippen LogP contribution in [-0.2, 0) is 4.74 Å². The molecule has 0 unspecified atom stereocenters. The number of aliphatic hydroxyl groups excluding tert-OH is 1. The van der Waals surface area contributed by atoms with Crippen LogP contribution < -0.4 is 0 Å². The van der Waals surface area contributed by atoms with Crippen LogP contribution in [0.4, 0.5) is 0 Å². The van der Waals surface area contributed by atoms with Crippen LogP contribution in [-0.4, -0.2) is 23.4 Å². The maximum absolute atomic E-state index is 9.72. The van der Waals surface area contributed by atoms with Crippen molar-refractivity contribution in [3.8, 4) is 0 Å². The largest absolute Gasteiger partial charge is 0.390 e. The monoisotopic (exact) mass is 156 g/mol. The van der Waals surface area contributed by atoms with Gasteiger partial charge in [-0.15, -0.1) is 0 Å². The summed E-state index contributed by atoms with van der Waals surface area (Å²) in [7, 11) is 0. The molecule has 0 amide bonds. The van der Waals surface area contributed by atoms with E-state index in [0.29, 0.717) is 17.9 Å². The fourth-order valence-electron chi connectivity index (χ4n) is 2.25. The second-order valence-corrected chi connectivity index (χ2v) is 4.17.